The van der Waals surface area contributed by atoms with Gasteiger partial charge in [-0.3, -0.25) is 4.79 Å². The molecule has 3 rings (SSSR count). The predicted molar refractivity (Wildman–Crippen MR) is 102 cm³/mol. The van der Waals surface area contributed by atoms with Gasteiger partial charge in [-0.05, 0) is 32.0 Å². The molecule has 1 unspecified atom stereocenters. The predicted octanol–water partition coefficient (Wildman–Crippen LogP) is 2.19. The van der Waals surface area contributed by atoms with Crippen LogP contribution in [0.3, 0.4) is 0 Å². The van der Waals surface area contributed by atoms with Crippen LogP contribution in [0.5, 0.6) is 5.75 Å². The number of nitrogens with zero attached hydrogens (tertiary/aromatic N) is 2. The summed E-state index contributed by atoms with van der Waals surface area (Å²) in [5, 5.41) is 3.31. The quantitative estimate of drug-likeness (QED) is 0.879. The highest BCUT2D eigenvalue weighted by Gasteiger charge is 2.40. The highest BCUT2D eigenvalue weighted by Crippen LogP contribution is 2.30. The summed E-state index contributed by atoms with van der Waals surface area (Å²) in [4.78, 5) is 17.1. The van der Waals surface area contributed by atoms with E-state index in [0.717, 1.165) is 57.1 Å². The number of piperazine rings is 1. The number of halogens is 2. The summed E-state index contributed by atoms with van der Waals surface area (Å²) in [5.41, 5.74) is 0.901. The number of carbonyl (C=O) groups is 1. The van der Waals surface area contributed by atoms with Crippen molar-refractivity contribution in [2.24, 2.45) is 5.41 Å². The minimum atomic E-state index is -0.216. The van der Waals surface area contributed by atoms with E-state index in [2.05, 4.69) is 23.2 Å². The van der Waals surface area contributed by atoms with Gasteiger partial charge in [-0.15, -0.1) is 24.8 Å². The second-order valence-electron chi connectivity index (χ2n) is 6.44. The maximum absolute atomic E-state index is 12.7. The van der Waals surface area contributed by atoms with Crippen molar-refractivity contribution in [2.45, 2.75) is 13.3 Å². The third-order valence-electron chi connectivity index (χ3n) is 4.88. The third kappa shape index (κ3) is 4.08. The smallest absolute Gasteiger partial charge is 0.229 e. The SMILES string of the molecule is COc1ccccc1N1CCN(C(=O)C2(C)CCNC2)CC1.Cl.Cl. The number of nitrogens with one attached hydrogen (secondary N) is 1. The highest BCUT2D eigenvalue weighted by atomic mass is 35.5. The summed E-state index contributed by atoms with van der Waals surface area (Å²) < 4.78 is 5.44. The van der Waals surface area contributed by atoms with E-state index >= 15 is 0 Å². The molecule has 5 nitrogen and oxygen atoms in total. The van der Waals surface area contributed by atoms with Crippen molar-refractivity contribution in [3.8, 4) is 5.75 Å². The van der Waals surface area contributed by atoms with E-state index < -0.39 is 0 Å². The van der Waals surface area contributed by atoms with Crippen LogP contribution < -0.4 is 15.0 Å². The molecule has 136 valence electrons. The summed E-state index contributed by atoms with van der Waals surface area (Å²) in [6.07, 6.45) is 0.943. The fourth-order valence-electron chi connectivity index (χ4n) is 3.42. The van der Waals surface area contributed by atoms with E-state index in [4.69, 9.17) is 4.74 Å². The number of hydrogen-bond donors (Lipinski definition) is 1. The van der Waals surface area contributed by atoms with Crippen LogP contribution >= 0.6 is 24.8 Å². The van der Waals surface area contributed by atoms with Gasteiger partial charge in [0.1, 0.15) is 5.75 Å². The summed E-state index contributed by atoms with van der Waals surface area (Å²) in [6, 6.07) is 8.08. The number of benzene rings is 1. The van der Waals surface area contributed by atoms with Crippen LogP contribution in [0.25, 0.3) is 0 Å². The van der Waals surface area contributed by atoms with Crippen molar-refractivity contribution in [1.82, 2.24) is 10.2 Å². The van der Waals surface area contributed by atoms with Crippen LogP contribution in [-0.2, 0) is 4.79 Å². The number of hydrogen-bond acceptors (Lipinski definition) is 4. The molecule has 2 saturated heterocycles. The zero-order valence-electron chi connectivity index (χ0n) is 14.3. The van der Waals surface area contributed by atoms with Crippen molar-refractivity contribution in [3.63, 3.8) is 0 Å². The minimum absolute atomic E-state index is 0. The van der Waals surface area contributed by atoms with Crippen LogP contribution in [-0.4, -0.2) is 57.2 Å². The van der Waals surface area contributed by atoms with Crippen LogP contribution in [0, 0.1) is 5.41 Å². The second kappa shape index (κ2) is 8.79. The highest BCUT2D eigenvalue weighted by molar-refractivity contribution is 5.85. The molecule has 0 spiro atoms. The number of carbonyl (C=O) groups excluding carboxylic acids is 1. The molecule has 7 heteroatoms. The molecule has 1 aromatic rings. The van der Waals surface area contributed by atoms with E-state index in [9.17, 15) is 4.79 Å². The Labute approximate surface area is 156 Å². The van der Waals surface area contributed by atoms with Gasteiger partial charge in [-0.25, -0.2) is 0 Å². The third-order valence-corrected chi connectivity index (χ3v) is 4.88. The molecule has 1 aromatic carbocycles. The zero-order valence-corrected chi connectivity index (χ0v) is 15.9. The summed E-state index contributed by atoms with van der Waals surface area (Å²) >= 11 is 0. The van der Waals surface area contributed by atoms with Crippen molar-refractivity contribution in [1.29, 1.82) is 0 Å². The second-order valence-corrected chi connectivity index (χ2v) is 6.44. The Hall–Kier alpha value is -1.17. The first-order valence-electron chi connectivity index (χ1n) is 8.02. The summed E-state index contributed by atoms with van der Waals surface area (Å²) in [7, 11) is 1.70. The lowest BCUT2D eigenvalue weighted by atomic mass is 9.88. The van der Waals surface area contributed by atoms with Gasteiger partial charge in [0.25, 0.3) is 0 Å². The molecule has 1 amide bonds. The average molecular weight is 376 g/mol. The van der Waals surface area contributed by atoms with Gasteiger partial charge in [0.05, 0.1) is 18.2 Å². The van der Waals surface area contributed by atoms with Crippen LogP contribution in [0.1, 0.15) is 13.3 Å². The normalized spacial score (nSPS) is 23.2. The summed E-state index contributed by atoms with van der Waals surface area (Å²) in [6.45, 7) is 7.12. The lowest BCUT2D eigenvalue weighted by molar-refractivity contribution is -0.140. The van der Waals surface area contributed by atoms with Crippen LogP contribution in [0.4, 0.5) is 5.69 Å². The Morgan fingerprint density at radius 2 is 1.83 bits per heavy atom. The fourth-order valence-corrected chi connectivity index (χ4v) is 3.42. The molecule has 0 aromatic heterocycles. The molecule has 1 N–H and O–H groups in total. The summed E-state index contributed by atoms with van der Waals surface area (Å²) in [5.74, 6) is 1.20. The Balaban J connectivity index is 0.00000144. The van der Waals surface area contributed by atoms with Gasteiger partial charge >= 0.3 is 0 Å². The first-order valence-corrected chi connectivity index (χ1v) is 8.02. The Morgan fingerprint density at radius 3 is 2.42 bits per heavy atom. The van der Waals surface area contributed by atoms with E-state index in [1.54, 1.807) is 7.11 Å². The number of methoxy groups -OCH3 is 1. The van der Waals surface area contributed by atoms with Crippen molar-refractivity contribution in [3.05, 3.63) is 24.3 Å². The number of amides is 1. The topological polar surface area (TPSA) is 44.8 Å². The first kappa shape index (κ1) is 20.9. The van der Waals surface area contributed by atoms with Crippen molar-refractivity contribution < 1.29 is 9.53 Å². The molecule has 0 aliphatic carbocycles. The number of anilines is 1. The van der Waals surface area contributed by atoms with E-state index in [1.807, 2.05) is 23.1 Å². The van der Waals surface area contributed by atoms with Gasteiger partial charge in [-0.2, -0.15) is 0 Å². The van der Waals surface area contributed by atoms with Crippen LogP contribution in [0.15, 0.2) is 24.3 Å². The van der Waals surface area contributed by atoms with Crippen molar-refractivity contribution in [2.75, 3.05) is 51.3 Å². The number of para-hydroxylation sites is 2. The molecule has 2 aliphatic heterocycles. The Bertz CT molecular complexity index is 542. The van der Waals surface area contributed by atoms with E-state index in [0.29, 0.717) is 5.91 Å². The zero-order chi connectivity index (χ0) is 15.6. The molecule has 1 atom stereocenters. The van der Waals surface area contributed by atoms with Crippen LogP contribution in [0.2, 0.25) is 0 Å². The molecule has 2 aliphatic rings. The Morgan fingerprint density at radius 1 is 1.17 bits per heavy atom. The molecule has 24 heavy (non-hydrogen) atoms. The Kier molecular flexibility index (Phi) is 7.64. The number of rotatable bonds is 3. The molecule has 0 bridgehead atoms. The molecule has 0 radical (unpaired) electrons. The maximum atomic E-state index is 12.7. The average Bonchev–Trinajstić information content (AvgIpc) is 3.02. The first-order chi connectivity index (χ1) is 10.6. The lowest BCUT2D eigenvalue weighted by Crippen LogP contribution is -2.53. The fraction of sp³-hybridized carbons (Fsp3) is 0.588. The van der Waals surface area contributed by atoms with E-state index in [-0.39, 0.29) is 30.2 Å². The lowest BCUT2D eigenvalue weighted by Gasteiger charge is -2.39. The van der Waals surface area contributed by atoms with Gasteiger partial charge in [0.15, 0.2) is 0 Å². The largest absolute Gasteiger partial charge is 0.495 e. The van der Waals surface area contributed by atoms with Gasteiger partial charge in [0, 0.05) is 32.7 Å². The standard InChI is InChI=1S/C17H25N3O2.2ClH/c1-17(7-8-18-13-17)16(21)20-11-9-19(10-12-20)14-5-3-4-6-15(14)22-2;;/h3-6,18H,7-13H2,1-2H3;2*1H. The molecular formula is C17H27Cl2N3O2. The number of ether oxygens (including phenoxy) is 1. The van der Waals surface area contributed by atoms with E-state index in [1.165, 1.54) is 0 Å². The molecule has 0 saturated carbocycles. The monoisotopic (exact) mass is 375 g/mol. The minimum Gasteiger partial charge on any atom is -0.495 e. The van der Waals surface area contributed by atoms with Gasteiger partial charge in [0.2, 0.25) is 5.91 Å². The van der Waals surface area contributed by atoms with Gasteiger partial charge < -0.3 is 19.9 Å². The van der Waals surface area contributed by atoms with Crippen molar-refractivity contribution >= 4 is 36.4 Å². The van der Waals surface area contributed by atoms with Gasteiger partial charge in [-0.1, -0.05) is 12.1 Å². The molecule has 2 fully saturated rings. The molecule has 2 heterocycles. The molecular weight excluding hydrogens is 349 g/mol. The maximum Gasteiger partial charge on any atom is 0.229 e.